The summed E-state index contributed by atoms with van der Waals surface area (Å²) in [5, 5.41) is 0. The number of sulfonamides is 1. The molecule has 0 amide bonds. The molecule has 96 valence electrons. The second-order valence-corrected chi connectivity index (χ2v) is 6.18. The first kappa shape index (κ1) is 14.4. The molecule has 5 nitrogen and oxygen atoms in total. The topological polar surface area (TPSA) is 81.4 Å². The van der Waals surface area contributed by atoms with Crippen molar-refractivity contribution in [2.24, 2.45) is 0 Å². The molecular weight excluding hydrogens is 308 g/mol. The van der Waals surface area contributed by atoms with Crippen molar-refractivity contribution < 1.29 is 13.2 Å². The van der Waals surface area contributed by atoms with E-state index in [0.717, 1.165) is 0 Å². The van der Waals surface area contributed by atoms with Crippen molar-refractivity contribution in [1.82, 2.24) is 4.72 Å². The SMILES string of the molecule is COC(C)CNS(=O)(=O)c1cc(N)ccc1Br. The minimum absolute atomic E-state index is 0.126. The van der Waals surface area contributed by atoms with Crippen LogP contribution in [0.4, 0.5) is 5.69 Å². The van der Waals surface area contributed by atoms with Crippen LogP contribution in [0.2, 0.25) is 0 Å². The number of benzene rings is 1. The summed E-state index contributed by atoms with van der Waals surface area (Å²) in [6.45, 7) is 1.98. The van der Waals surface area contributed by atoms with Gasteiger partial charge in [0.25, 0.3) is 0 Å². The monoisotopic (exact) mass is 322 g/mol. The van der Waals surface area contributed by atoms with Gasteiger partial charge in [-0.25, -0.2) is 13.1 Å². The van der Waals surface area contributed by atoms with Gasteiger partial charge in [-0.05, 0) is 41.1 Å². The van der Waals surface area contributed by atoms with Gasteiger partial charge in [0.2, 0.25) is 10.0 Å². The van der Waals surface area contributed by atoms with Crippen molar-refractivity contribution in [3.05, 3.63) is 22.7 Å². The van der Waals surface area contributed by atoms with E-state index >= 15 is 0 Å². The molecule has 0 heterocycles. The molecule has 17 heavy (non-hydrogen) atoms. The fraction of sp³-hybridized carbons (Fsp3) is 0.400. The summed E-state index contributed by atoms with van der Waals surface area (Å²) in [5.41, 5.74) is 5.97. The third-order valence-corrected chi connectivity index (χ3v) is 4.63. The first-order valence-corrected chi connectivity index (χ1v) is 7.22. The lowest BCUT2D eigenvalue weighted by Gasteiger charge is -2.12. The summed E-state index contributed by atoms with van der Waals surface area (Å²) >= 11 is 3.18. The molecular formula is C10H15BrN2O3S. The summed E-state index contributed by atoms with van der Waals surface area (Å²) in [6.07, 6.45) is -0.190. The quantitative estimate of drug-likeness (QED) is 0.802. The van der Waals surface area contributed by atoms with Gasteiger partial charge >= 0.3 is 0 Å². The summed E-state index contributed by atoms with van der Waals surface area (Å²) in [6, 6.07) is 4.63. The van der Waals surface area contributed by atoms with Crippen LogP contribution < -0.4 is 10.5 Å². The van der Waals surface area contributed by atoms with Crippen LogP contribution in [0.25, 0.3) is 0 Å². The number of hydrogen-bond acceptors (Lipinski definition) is 4. The lowest BCUT2D eigenvalue weighted by atomic mass is 10.3. The lowest BCUT2D eigenvalue weighted by molar-refractivity contribution is 0.122. The zero-order valence-electron chi connectivity index (χ0n) is 9.60. The van der Waals surface area contributed by atoms with Gasteiger partial charge in [0.15, 0.2) is 0 Å². The van der Waals surface area contributed by atoms with Crippen molar-refractivity contribution in [3.63, 3.8) is 0 Å². The van der Waals surface area contributed by atoms with E-state index in [-0.39, 0.29) is 17.5 Å². The third-order valence-electron chi connectivity index (χ3n) is 2.21. The van der Waals surface area contributed by atoms with E-state index < -0.39 is 10.0 Å². The second kappa shape index (κ2) is 5.81. The molecule has 0 saturated heterocycles. The van der Waals surface area contributed by atoms with Crippen LogP contribution in [0, 0.1) is 0 Å². The number of nitrogens with one attached hydrogen (secondary N) is 1. The molecule has 0 saturated carbocycles. The fourth-order valence-corrected chi connectivity index (χ4v) is 3.23. The number of rotatable bonds is 5. The highest BCUT2D eigenvalue weighted by molar-refractivity contribution is 9.10. The van der Waals surface area contributed by atoms with E-state index in [4.69, 9.17) is 10.5 Å². The largest absolute Gasteiger partial charge is 0.399 e. The van der Waals surface area contributed by atoms with Crippen molar-refractivity contribution in [2.45, 2.75) is 17.9 Å². The molecule has 0 aliphatic rings. The molecule has 1 rings (SSSR count). The van der Waals surface area contributed by atoms with Crippen LogP contribution in [0.3, 0.4) is 0 Å². The molecule has 0 aliphatic carbocycles. The van der Waals surface area contributed by atoms with Crippen LogP contribution in [-0.4, -0.2) is 28.2 Å². The third kappa shape index (κ3) is 3.95. The maximum atomic E-state index is 12.0. The average Bonchev–Trinajstić information content (AvgIpc) is 2.29. The van der Waals surface area contributed by atoms with Crippen molar-refractivity contribution in [2.75, 3.05) is 19.4 Å². The summed E-state index contributed by atoms with van der Waals surface area (Å²) in [5.74, 6) is 0. The molecule has 0 bridgehead atoms. The number of nitrogens with two attached hydrogens (primary N) is 1. The Balaban J connectivity index is 2.93. The van der Waals surface area contributed by atoms with Crippen LogP contribution in [-0.2, 0) is 14.8 Å². The smallest absolute Gasteiger partial charge is 0.241 e. The Bertz CT molecular complexity index is 490. The number of halogens is 1. The molecule has 0 fully saturated rings. The number of anilines is 1. The van der Waals surface area contributed by atoms with E-state index in [2.05, 4.69) is 20.7 Å². The van der Waals surface area contributed by atoms with Crippen LogP contribution in [0.1, 0.15) is 6.92 Å². The summed E-state index contributed by atoms with van der Waals surface area (Å²) in [4.78, 5) is 0.126. The van der Waals surface area contributed by atoms with Gasteiger partial charge in [-0.2, -0.15) is 0 Å². The normalized spacial score (nSPS) is 13.6. The Morgan fingerprint density at radius 3 is 2.76 bits per heavy atom. The van der Waals surface area contributed by atoms with E-state index in [0.29, 0.717) is 10.2 Å². The van der Waals surface area contributed by atoms with Crippen molar-refractivity contribution in [1.29, 1.82) is 0 Å². The summed E-state index contributed by atoms with van der Waals surface area (Å²) in [7, 11) is -2.05. The predicted octanol–water partition coefficient (Wildman–Crippen LogP) is 1.34. The van der Waals surface area contributed by atoms with Gasteiger partial charge in [0, 0.05) is 23.8 Å². The number of methoxy groups -OCH3 is 1. The molecule has 0 aromatic heterocycles. The molecule has 1 aromatic carbocycles. The number of nitrogen functional groups attached to an aromatic ring is 1. The first-order chi connectivity index (χ1) is 7.86. The fourth-order valence-electron chi connectivity index (χ4n) is 1.11. The summed E-state index contributed by atoms with van der Waals surface area (Å²) < 4.78 is 31.9. The standard InChI is InChI=1S/C10H15BrN2O3S/c1-7(16-2)6-13-17(14,15)10-5-8(12)3-4-9(10)11/h3-5,7,13H,6,12H2,1-2H3. The second-order valence-electron chi connectivity index (χ2n) is 3.59. The van der Waals surface area contributed by atoms with Crippen LogP contribution in [0.5, 0.6) is 0 Å². The minimum atomic E-state index is -3.58. The maximum absolute atomic E-state index is 12.0. The Hall–Kier alpha value is -0.630. The number of hydrogen-bond donors (Lipinski definition) is 2. The highest BCUT2D eigenvalue weighted by Crippen LogP contribution is 2.23. The van der Waals surface area contributed by atoms with Gasteiger partial charge in [0.1, 0.15) is 0 Å². The molecule has 1 unspecified atom stereocenters. The number of ether oxygens (including phenoxy) is 1. The molecule has 0 radical (unpaired) electrons. The van der Waals surface area contributed by atoms with Gasteiger partial charge in [-0.3, -0.25) is 0 Å². The van der Waals surface area contributed by atoms with Gasteiger partial charge < -0.3 is 10.5 Å². The Kier molecular flexibility index (Phi) is 4.93. The predicted molar refractivity (Wildman–Crippen MR) is 70.2 cm³/mol. The highest BCUT2D eigenvalue weighted by Gasteiger charge is 2.18. The molecule has 1 atom stereocenters. The van der Waals surface area contributed by atoms with Crippen LogP contribution in [0.15, 0.2) is 27.6 Å². The van der Waals surface area contributed by atoms with E-state index in [9.17, 15) is 8.42 Å². The Morgan fingerprint density at radius 2 is 2.18 bits per heavy atom. The van der Waals surface area contributed by atoms with Crippen LogP contribution >= 0.6 is 15.9 Å². The van der Waals surface area contributed by atoms with Gasteiger partial charge in [-0.1, -0.05) is 0 Å². The molecule has 7 heteroatoms. The zero-order chi connectivity index (χ0) is 13.1. The average molecular weight is 323 g/mol. The lowest BCUT2D eigenvalue weighted by Crippen LogP contribution is -2.31. The molecule has 3 N–H and O–H groups in total. The maximum Gasteiger partial charge on any atom is 0.241 e. The van der Waals surface area contributed by atoms with Gasteiger partial charge in [-0.15, -0.1) is 0 Å². The molecule has 0 spiro atoms. The molecule has 1 aromatic rings. The zero-order valence-corrected chi connectivity index (χ0v) is 12.0. The van der Waals surface area contributed by atoms with Crippen molar-refractivity contribution >= 4 is 31.6 Å². The Morgan fingerprint density at radius 1 is 1.53 bits per heavy atom. The van der Waals surface area contributed by atoms with Crippen molar-refractivity contribution in [3.8, 4) is 0 Å². The van der Waals surface area contributed by atoms with E-state index in [1.807, 2.05) is 0 Å². The highest BCUT2D eigenvalue weighted by atomic mass is 79.9. The van der Waals surface area contributed by atoms with Gasteiger partial charge in [0.05, 0.1) is 11.0 Å². The minimum Gasteiger partial charge on any atom is -0.399 e. The van der Waals surface area contributed by atoms with E-state index in [1.54, 1.807) is 19.1 Å². The Labute approximate surface area is 110 Å². The van der Waals surface area contributed by atoms with E-state index in [1.165, 1.54) is 13.2 Å². The molecule has 0 aliphatic heterocycles. The first-order valence-electron chi connectivity index (χ1n) is 4.94.